The molecule has 1 aliphatic heterocycles. The minimum absolute atomic E-state index is 0.0681. The topological polar surface area (TPSA) is 106 Å². The van der Waals surface area contributed by atoms with Crippen LogP contribution in [0.4, 0.5) is 14.5 Å². The predicted octanol–water partition coefficient (Wildman–Crippen LogP) is 1.97. The monoisotopic (exact) mass is 357 g/mol. The van der Waals surface area contributed by atoms with E-state index in [1.807, 2.05) is 4.90 Å². The zero-order chi connectivity index (χ0) is 17.6. The molecule has 0 spiro atoms. The SMILES string of the molecule is N#Cc1cn(C(N)=O)c2c1CCN(c1ncnc3c1ccn3SF)C2. The third kappa shape index (κ3) is 2.32. The molecule has 1 amide bonds. The molecule has 4 rings (SSSR count). The molecule has 0 aliphatic carbocycles. The Morgan fingerprint density at radius 3 is 3.00 bits per heavy atom. The highest BCUT2D eigenvalue weighted by molar-refractivity contribution is 7.92. The number of nitrogens with zero attached hydrogens (tertiary/aromatic N) is 6. The molecule has 0 unspecified atom stereocenters. The molecule has 0 radical (unpaired) electrons. The molecule has 3 aromatic heterocycles. The van der Waals surface area contributed by atoms with Crippen LogP contribution in [0.5, 0.6) is 0 Å². The average Bonchev–Trinajstić information content (AvgIpc) is 3.21. The molecule has 0 atom stereocenters. The Balaban J connectivity index is 1.79. The van der Waals surface area contributed by atoms with E-state index in [0.29, 0.717) is 47.6 Å². The van der Waals surface area contributed by atoms with Gasteiger partial charge in [0.2, 0.25) is 0 Å². The number of carbonyl (C=O) groups excluding carboxylic acids is 1. The molecule has 0 fully saturated rings. The number of halogens is 1. The van der Waals surface area contributed by atoms with Crippen molar-refractivity contribution in [1.82, 2.24) is 18.5 Å². The summed E-state index contributed by atoms with van der Waals surface area (Å²) in [6, 6.07) is 3.22. The van der Waals surface area contributed by atoms with Gasteiger partial charge in [-0.15, -0.1) is 3.89 Å². The first-order valence-corrected chi connectivity index (χ1v) is 8.10. The van der Waals surface area contributed by atoms with Gasteiger partial charge in [-0.05, 0) is 18.1 Å². The molecular formula is C15H12FN7OS. The number of aromatic nitrogens is 4. The maximum atomic E-state index is 13.0. The lowest BCUT2D eigenvalue weighted by Gasteiger charge is -2.29. The van der Waals surface area contributed by atoms with Crippen molar-refractivity contribution in [2.45, 2.75) is 13.0 Å². The molecule has 0 saturated carbocycles. The molecular weight excluding hydrogens is 345 g/mol. The lowest BCUT2D eigenvalue weighted by Crippen LogP contribution is -2.34. The van der Waals surface area contributed by atoms with Crippen molar-refractivity contribution in [3.63, 3.8) is 0 Å². The number of anilines is 1. The second kappa shape index (κ2) is 5.78. The summed E-state index contributed by atoms with van der Waals surface area (Å²) in [4.78, 5) is 22.1. The number of hydrogen-bond donors (Lipinski definition) is 1. The van der Waals surface area contributed by atoms with Gasteiger partial charge in [0.1, 0.15) is 18.2 Å². The molecule has 0 bridgehead atoms. The second-order valence-electron chi connectivity index (χ2n) is 5.60. The third-order valence-corrected chi connectivity index (χ3v) is 4.80. The van der Waals surface area contributed by atoms with Crippen LogP contribution in [0, 0.1) is 11.3 Å². The molecule has 2 N–H and O–H groups in total. The summed E-state index contributed by atoms with van der Waals surface area (Å²) >= 11 is 0.0681. The minimum Gasteiger partial charge on any atom is -0.351 e. The van der Waals surface area contributed by atoms with Gasteiger partial charge in [-0.3, -0.25) is 4.57 Å². The standard InChI is InChI=1S/C15H12FN7OS/c16-25-23-4-2-11-13(19-8-20-14(11)23)21-3-1-10-9(5-17)6-22(15(18)24)12(10)7-21/h2,4,6,8H,1,3,7H2,(H2,18,24). The van der Waals surface area contributed by atoms with E-state index in [9.17, 15) is 13.9 Å². The maximum Gasteiger partial charge on any atom is 0.323 e. The van der Waals surface area contributed by atoms with Crippen LogP contribution in [0.25, 0.3) is 11.0 Å². The summed E-state index contributed by atoms with van der Waals surface area (Å²) in [5, 5.41) is 9.97. The number of hydrogen-bond acceptors (Lipinski definition) is 6. The first-order chi connectivity index (χ1) is 12.1. The Kier molecular flexibility index (Phi) is 3.58. The Labute approximate surface area is 146 Å². The fourth-order valence-corrected chi connectivity index (χ4v) is 3.56. The van der Waals surface area contributed by atoms with E-state index in [-0.39, 0.29) is 12.3 Å². The van der Waals surface area contributed by atoms with E-state index >= 15 is 0 Å². The largest absolute Gasteiger partial charge is 0.351 e. The number of carbonyl (C=O) groups is 1. The summed E-state index contributed by atoms with van der Waals surface area (Å²) < 4.78 is 15.6. The van der Waals surface area contributed by atoms with Gasteiger partial charge in [-0.25, -0.2) is 18.7 Å². The van der Waals surface area contributed by atoms with E-state index in [1.165, 1.54) is 21.1 Å². The molecule has 0 saturated heterocycles. The summed E-state index contributed by atoms with van der Waals surface area (Å²) in [6.07, 6.45) is 5.03. The number of nitrogens with two attached hydrogens (primary N) is 1. The van der Waals surface area contributed by atoms with Crippen LogP contribution in [0.3, 0.4) is 0 Å². The van der Waals surface area contributed by atoms with Crippen LogP contribution >= 0.6 is 12.3 Å². The van der Waals surface area contributed by atoms with Crippen molar-refractivity contribution in [3.8, 4) is 6.07 Å². The molecule has 4 heterocycles. The van der Waals surface area contributed by atoms with Crippen LogP contribution in [0.2, 0.25) is 0 Å². The summed E-state index contributed by atoms with van der Waals surface area (Å²) in [6.45, 7) is 0.991. The molecule has 25 heavy (non-hydrogen) atoms. The van der Waals surface area contributed by atoms with Gasteiger partial charge in [0.05, 0.1) is 23.2 Å². The molecule has 126 valence electrons. The first-order valence-electron chi connectivity index (χ1n) is 7.43. The maximum absolute atomic E-state index is 13.0. The van der Waals surface area contributed by atoms with Crippen LogP contribution in [0.15, 0.2) is 24.8 Å². The lowest BCUT2D eigenvalue weighted by atomic mass is 10.0. The smallest absolute Gasteiger partial charge is 0.323 e. The fourth-order valence-electron chi connectivity index (χ4n) is 3.24. The van der Waals surface area contributed by atoms with E-state index in [4.69, 9.17) is 5.73 Å². The average molecular weight is 357 g/mol. The predicted molar refractivity (Wildman–Crippen MR) is 90.5 cm³/mol. The van der Waals surface area contributed by atoms with Gasteiger partial charge >= 0.3 is 6.03 Å². The zero-order valence-corrected chi connectivity index (χ0v) is 13.7. The quantitative estimate of drug-likeness (QED) is 0.752. The van der Waals surface area contributed by atoms with Gasteiger partial charge in [0.15, 0.2) is 18.0 Å². The zero-order valence-electron chi connectivity index (χ0n) is 12.9. The molecule has 10 heteroatoms. The van der Waals surface area contributed by atoms with Crippen molar-refractivity contribution in [3.05, 3.63) is 41.6 Å². The molecule has 8 nitrogen and oxygen atoms in total. The van der Waals surface area contributed by atoms with Crippen molar-refractivity contribution >= 4 is 35.2 Å². The normalized spacial score (nSPS) is 13.7. The van der Waals surface area contributed by atoms with Crippen LogP contribution in [-0.4, -0.2) is 31.1 Å². The van der Waals surface area contributed by atoms with E-state index in [2.05, 4.69) is 16.0 Å². The Bertz CT molecular complexity index is 1030. The van der Waals surface area contributed by atoms with Crippen molar-refractivity contribution in [2.24, 2.45) is 5.73 Å². The van der Waals surface area contributed by atoms with Gasteiger partial charge < -0.3 is 10.6 Å². The highest BCUT2D eigenvalue weighted by Crippen LogP contribution is 2.31. The summed E-state index contributed by atoms with van der Waals surface area (Å²) in [5.41, 5.74) is 7.88. The highest BCUT2D eigenvalue weighted by atomic mass is 32.2. The van der Waals surface area contributed by atoms with Crippen LogP contribution in [-0.2, 0) is 13.0 Å². The van der Waals surface area contributed by atoms with Crippen molar-refractivity contribution < 1.29 is 8.68 Å². The third-order valence-electron chi connectivity index (χ3n) is 4.35. The summed E-state index contributed by atoms with van der Waals surface area (Å²) in [7, 11) is 0. The van der Waals surface area contributed by atoms with Gasteiger partial charge in [-0.2, -0.15) is 5.26 Å². The lowest BCUT2D eigenvalue weighted by molar-refractivity contribution is 0.249. The molecule has 3 aromatic rings. The van der Waals surface area contributed by atoms with E-state index in [1.54, 1.807) is 12.3 Å². The second-order valence-corrected chi connectivity index (χ2v) is 6.14. The van der Waals surface area contributed by atoms with E-state index < -0.39 is 6.03 Å². The Hall–Kier alpha value is -3.06. The number of rotatable bonds is 2. The minimum atomic E-state index is -0.632. The van der Waals surface area contributed by atoms with Crippen molar-refractivity contribution in [2.75, 3.05) is 11.4 Å². The Morgan fingerprint density at radius 2 is 2.28 bits per heavy atom. The number of nitriles is 1. The Morgan fingerprint density at radius 1 is 1.44 bits per heavy atom. The fraction of sp³-hybridized carbons (Fsp3) is 0.200. The van der Waals surface area contributed by atoms with Gasteiger partial charge in [0.25, 0.3) is 0 Å². The number of primary amides is 1. The van der Waals surface area contributed by atoms with E-state index in [0.717, 1.165) is 5.56 Å². The van der Waals surface area contributed by atoms with Crippen LogP contribution in [0.1, 0.15) is 16.8 Å². The van der Waals surface area contributed by atoms with Gasteiger partial charge in [0, 0.05) is 18.9 Å². The first kappa shape index (κ1) is 15.5. The number of fused-ring (bicyclic) bond motifs is 2. The molecule has 1 aliphatic rings. The van der Waals surface area contributed by atoms with Gasteiger partial charge in [-0.1, -0.05) is 0 Å². The summed E-state index contributed by atoms with van der Waals surface area (Å²) in [5.74, 6) is 0.652. The molecule has 0 aromatic carbocycles. The highest BCUT2D eigenvalue weighted by Gasteiger charge is 2.27. The van der Waals surface area contributed by atoms with Crippen molar-refractivity contribution in [1.29, 1.82) is 5.26 Å². The van der Waals surface area contributed by atoms with Crippen LogP contribution < -0.4 is 10.6 Å². The number of amides is 1.